The highest BCUT2D eigenvalue weighted by Crippen LogP contribution is 2.36. The summed E-state index contributed by atoms with van der Waals surface area (Å²) in [4.78, 5) is 2.39. The molecule has 15 heavy (non-hydrogen) atoms. The van der Waals surface area contributed by atoms with Gasteiger partial charge in [0.1, 0.15) is 6.10 Å². The summed E-state index contributed by atoms with van der Waals surface area (Å²) in [5.41, 5.74) is 2.66. The minimum atomic E-state index is 0.337. The van der Waals surface area contributed by atoms with E-state index in [2.05, 4.69) is 29.2 Å². The Kier molecular flexibility index (Phi) is 2.35. The molecule has 2 fully saturated rings. The fraction of sp³-hybridized carbons (Fsp3) is 0.500. The first kappa shape index (κ1) is 9.19. The summed E-state index contributed by atoms with van der Waals surface area (Å²) in [5, 5.41) is 0. The van der Waals surface area contributed by atoms with Crippen LogP contribution in [0.5, 0.6) is 0 Å². The Balaban J connectivity index is 1.88. The average molecular weight is 205 g/mol. The van der Waals surface area contributed by atoms with E-state index in [1.807, 2.05) is 0 Å². The molecule has 3 rings (SSSR count). The Morgan fingerprint density at radius 2 is 1.87 bits per heavy atom. The third-order valence-electron chi connectivity index (χ3n) is 2.97. The van der Waals surface area contributed by atoms with E-state index in [0.29, 0.717) is 6.10 Å². The summed E-state index contributed by atoms with van der Waals surface area (Å²) in [5.74, 6) is 0. The minimum absolute atomic E-state index is 0.337. The van der Waals surface area contributed by atoms with Crippen LogP contribution in [0.3, 0.4) is 0 Å². The molecule has 3 nitrogen and oxygen atoms in total. The summed E-state index contributed by atoms with van der Waals surface area (Å²) in [6, 6.07) is 8.53. The van der Waals surface area contributed by atoms with Crippen LogP contribution in [-0.2, 0) is 9.47 Å². The molecular weight excluding hydrogens is 190 g/mol. The van der Waals surface area contributed by atoms with Crippen LogP contribution in [0, 0.1) is 0 Å². The normalized spacial score (nSPS) is 25.3. The molecule has 0 unspecified atom stereocenters. The highest BCUT2D eigenvalue weighted by atomic mass is 16.6. The van der Waals surface area contributed by atoms with Gasteiger partial charge in [0.05, 0.1) is 19.8 Å². The number of hydrogen-bond acceptors (Lipinski definition) is 3. The lowest BCUT2D eigenvalue weighted by Crippen LogP contribution is -2.36. The zero-order chi connectivity index (χ0) is 10.1. The molecule has 1 atom stereocenters. The van der Waals surface area contributed by atoms with Crippen molar-refractivity contribution in [3.63, 3.8) is 0 Å². The fourth-order valence-electron chi connectivity index (χ4n) is 2.08. The Morgan fingerprint density at radius 1 is 1.13 bits per heavy atom. The molecular formula is C12H15NO2. The zero-order valence-electron chi connectivity index (χ0n) is 8.69. The van der Waals surface area contributed by atoms with E-state index in [4.69, 9.17) is 9.47 Å². The number of nitrogens with zero attached hydrogens (tertiary/aromatic N) is 1. The molecule has 0 radical (unpaired) electrons. The van der Waals surface area contributed by atoms with Crippen molar-refractivity contribution < 1.29 is 9.47 Å². The zero-order valence-corrected chi connectivity index (χ0v) is 8.69. The van der Waals surface area contributed by atoms with Crippen molar-refractivity contribution >= 4 is 5.69 Å². The maximum Gasteiger partial charge on any atom is 0.108 e. The first-order valence-corrected chi connectivity index (χ1v) is 5.48. The van der Waals surface area contributed by atoms with E-state index < -0.39 is 0 Å². The van der Waals surface area contributed by atoms with Gasteiger partial charge in [0.15, 0.2) is 0 Å². The number of benzene rings is 1. The predicted molar refractivity (Wildman–Crippen MR) is 58.2 cm³/mol. The van der Waals surface area contributed by atoms with Crippen molar-refractivity contribution in [3.8, 4) is 0 Å². The van der Waals surface area contributed by atoms with Crippen LogP contribution < -0.4 is 4.90 Å². The average Bonchev–Trinajstić information content (AvgIpc) is 3.14. The van der Waals surface area contributed by atoms with Crippen molar-refractivity contribution in [1.29, 1.82) is 0 Å². The second-order valence-electron chi connectivity index (χ2n) is 3.98. The molecule has 2 aliphatic heterocycles. The Morgan fingerprint density at radius 3 is 2.60 bits per heavy atom. The molecule has 0 spiro atoms. The van der Waals surface area contributed by atoms with Gasteiger partial charge in [-0.2, -0.15) is 0 Å². The second-order valence-corrected chi connectivity index (χ2v) is 3.98. The molecule has 0 N–H and O–H groups in total. The first-order valence-electron chi connectivity index (χ1n) is 5.48. The Hall–Kier alpha value is -1.06. The van der Waals surface area contributed by atoms with E-state index >= 15 is 0 Å². The number of hydrogen-bond donors (Lipinski definition) is 0. The molecule has 0 aromatic heterocycles. The van der Waals surface area contributed by atoms with Gasteiger partial charge in [0.25, 0.3) is 0 Å². The smallest absolute Gasteiger partial charge is 0.108 e. The minimum Gasteiger partial charge on any atom is -0.378 e. The van der Waals surface area contributed by atoms with Gasteiger partial charge in [0.2, 0.25) is 0 Å². The van der Waals surface area contributed by atoms with Gasteiger partial charge in [-0.25, -0.2) is 0 Å². The number of para-hydroxylation sites is 1. The lowest BCUT2D eigenvalue weighted by molar-refractivity contribution is 0.122. The van der Waals surface area contributed by atoms with E-state index in [1.165, 1.54) is 11.3 Å². The molecule has 2 heterocycles. The topological polar surface area (TPSA) is 25.0 Å². The largest absolute Gasteiger partial charge is 0.378 e. The molecule has 2 aliphatic rings. The number of rotatable bonds is 2. The van der Waals surface area contributed by atoms with E-state index in [1.54, 1.807) is 0 Å². The standard InChI is InChI=1S/C12H15NO2/c1-2-4-11(10(3-1)12-9-15-12)13-5-7-14-8-6-13/h1-4,12H,5-9H2/t12-/m1/s1. The number of epoxide rings is 1. The maximum absolute atomic E-state index is 5.37. The molecule has 3 heteroatoms. The van der Waals surface area contributed by atoms with Gasteiger partial charge in [-0.15, -0.1) is 0 Å². The van der Waals surface area contributed by atoms with Crippen LogP contribution in [0.1, 0.15) is 11.7 Å². The molecule has 0 bridgehead atoms. The molecule has 1 aromatic carbocycles. The van der Waals surface area contributed by atoms with Crippen molar-refractivity contribution in [2.24, 2.45) is 0 Å². The van der Waals surface area contributed by atoms with Gasteiger partial charge < -0.3 is 14.4 Å². The van der Waals surface area contributed by atoms with Crippen LogP contribution in [0.4, 0.5) is 5.69 Å². The van der Waals surface area contributed by atoms with Crippen molar-refractivity contribution in [3.05, 3.63) is 29.8 Å². The summed E-state index contributed by atoms with van der Waals surface area (Å²) in [6.07, 6.45) is 0.337. The Bertz CT molecular complexity index is 343. The number of morpholine rings is 1. The molecule has 80 valence electrons. The fourth-order valence-corrected chi connectivity index (χ4v) is 2.08. The van der Waals surface area contributed by atoms with Crippen LogP contribution in [0.2, 0.25) is 0 Å². The van der Waals surface area contributed by atoms with Gasteiger partial charge in [0, 0.05) is 24.3 Å². The van der Waals surface area contributed by atoms with Gasteiger partial charge >= 0.3 is 0 Å². The Labute approximate surface area is 89.6 Å². The molecule has 0 saturated carbocycles. The van der Waals surface area contributed by atoms with Crippen molar-refractivity contribution in [2.75, 3.05) is 37.8 Å². The quantitative estimate of drug-likeness (QED) is 0.685. The van der Waals surface area contributed by atoms with Crippen molar-refractivity contribution in [1.82, 2.24) is 0 Å². The predicted octanol–water partition coefficient (Wildman–Crippen LogP) is 1.59. The SMILES string of the molecule is c1ccc(N2CCOCC2)c([C@H]2CO2)c1. The summed E-state index contributed by atoms with van der Waals surface area (Å²) < 4.78 is 10.7. The van der Waals surface area contributed by atoms with E-state index in [-0.39, 0.29) is 0 Å². The highest BCUT2D eigenvalue weighted by Gasteiger charge is 2.28. The molecule has 0 amide bonds. The van der Waals surface area contributed by atoms with Gasteiger partial charge in [-0.1, -0.05) is 18.2 Å². The van der Waals surface area contributed by atoms with Gasteiger partial charge in [-0.05, 0) is 6.07 Å². The highest BCUT2D eigenvalue weighted by molar-refractivity contribution is 5.55. The first-order chi connectivity index (χ1) is 7.45. The molecule has 1 aromatic rings. The van der Waals surface area contributed by atoms with Crippen LogP contribution in [-0.4, -0.2) is 32.9 Å². The van der Waals surface area contributed by atoms with Crippen LogP contribution in [0.25, 0.3) is 0 Å². The third kappa shape index (κ3) is 1.85. The van der Waals surface area contributed by atoms with E-state index in [0.717, 1.165) is 32.9 Å². The van der Waals surface area contributed by atoms with Gasteiger partial charge in [-0.3, -0.25) is 0 Å². The second kappa shape index (κ2) is 3.83. The number of ether oxygens (including phenoxy) is 2. The monoisotopic (exact) mass is 205 g/mol. The van der Waals surface area contributed by atoms with Crippen LogP contribution in [0.15, 0.2) is 24.3 Å². The summed E-state index contributed by atoms with van der Waals surface area (Å²) in [7, 11) is 0. The van der Waals surface area contributed by atoms with E-state index in [9.17, 15) is 0 Å². The summed E-state index contributed by atoms with van der Waals surface area (Å²) >= 11 is 0. The van der Waals surface area contributed by atoms with Crippen molar-refractivity contribution in [2.45, 2.75) is 6.10 Å². The summed E-state index contributed by atoms with van der Waals surface area (Å²) in [6.45, 7) is 4.52. The molecule has 2 saturated heterocycles. The molecule has 0 aliphatic carbocycles. The van der Waals surface area contributed by atoms with Crippen LogP contribution >= 0.6 is 0 Å². The lowest BCUT2D eigenvalue weighted by atomic mass is 10.1. The number of anilines is 1. The maximum atomic E-state index is 5.37. The third-order valence-corrected chi connectivity index (χ3v) is 2.97. The lowest BCUT2D eigenvalue weighted by Gasteiger charge is -2.30.